The summed E-state index contributed by atoms with van der Waals surface area (Å²) >= 11 is 0. The molecule has 2 rings (SSSR count). The van der Waals surface area contributed by atoms with Crippen molar-refractivity contribution in [1.82, 2.24) is 0 Å². The van der Waals surface area contributed by atoms with E-state index in [0.29, 0.717) is 12.8 Å². The highest BCUT2D eigenvalue weighted by atomic mass is 32.2. The van der Waals surface area contributed by atoms with Gasteiger partial charge in [-0.05, 0) is 51.0 Å². The van der Waals surface area contributed by atoms with Crippen LogP contribution >= 0.6 is 0 Å². The molecule has 2 unspecified atom stereocenters. The molecular formula is C34H50O9S2. The molecule has 0 aromatic heterocycles. The molecule has 0 spiro atoms. The molecule has 0 heterocycles. The smallest absolute Gasteiger partial charge is 0.344 e. The number of benzene rings is 2. The first-order valence-electron chi connectivity index (χ1n) is 16.1. The quantitative estimate of drug-likeness (QED) is 0.0536. The highest BCUT2D eigenvalue weighted by Gasteiger charge is 2.34. The number of rotatable bonds is 22. The summed E-state index contributed by atoms with van der Waals surface area (Å²) in [6, 6.07) is 12.0. The molecular weight excluding hydrogens is 616 g/mol. The van der Waals surface area contributed by atoms with Gasteiger partial charge in [0.05, 0.1) is 9.79 Å². The molecule has 0 aliphatic rings. The van der Waals surface area contributed by atoms with Crippen LogP contribution in [-0.2, 0) is 42.9 Å². The van der Waals surface area contributed by atoms with Crippen LogP contribution in [0.1, 0.15) is 115 Å². The third-order valence-electron chi connectivity index (χ3n) is 7.47. The van der Waals surface area contributed by atoms with Crippen LogP contribution in [0.25, 0.3) is 0 Å². The summed E-state index contributed by atoms with van der Waals surface area (Å²) in [5.74, 6) is -2.40. The van der Waals surface area contributed by atoms with Gasteiger partial charge in [0.1, 0.15) is 0 Å². The third kappa shape index (κ3) is 14.1. The zero-order chi connectivity index (χ0) is 33.3. The summed E-state index contributed by atoms with van der Waals surface area (Å²) in [6.07, 6.45) is 7.39. The number of ether oxygens (including phenoxy) is 1. The van der Waals surface area contributed by atoms with Crippen molar-refractivity contribution in [2.24, 2.45) is 0 Å². The Balaban J connectivity index is 2.22. The molecule has 45 heavy (non-hydrogen) atoms. The minimum atomic E-state index is -4.36. The number of unbranched alkanes of at least 4 members (excludes halogenated alkanes) is 10. The topological polar surface area (TPSA) is 130 Å². The van der Waals surface area contributed by atoms with Crippen molar-refractivity contribution in [3.63, 3.8) is 0 Å². The molecule has 0 N–H and O–H groups in total. The van der Waals surface area contributed by atoms with Crippen molar-refractivity contribution < 1.29 is 39.5 Å². The Bertz CT molecular complexity index is 1280. The van der Waals surface area contributed by atoms with Crippen LogP contribution in [0.2, 0.25) is 0 Å². The molecule has 0 aliphatic heterocycles. The fraction of sp³-hybridized carbons (Fsp3) is 0.588. The Morgan fingerprint density at radius 1 is 0.533 bits per heavy atom. The second-order valence-corrected chi connectivity index (χ2v) is 14.7. The summed E-state index contributed by atoms with van der Waals surface area (Å²) in [7, 11) is -8.72. The molecule has 2 aromatic carbocycles. The summed E-state index contributed by atoms with van der Waals surface area (Å²) in [5.41, 5.74) is 1.69. The van der Waals surface area contributed by atoms with E-state index < -0.39 is 44.4 Å². The van der Waals surface area contributed by atoms with Crippen molar-refractivity contribution in [1.29, 1.82) is 0 Å². The van der Waals surface area contributed by atoms with Crippen molar-refractivity contribution >= 4 is 32.2 Å². The zero-order valence-electron chi connectivity index (χ0n) is 27.2. The Labute approximate surface area is 270 Å². The van der Waals surface area contributed by atoms with Gasteiger partial charge in [0.2, 0.25) is 0 Å². The van der Waals surface area contributed by atoms with E-state index in [-0.39, 0.29) is 22.6 Å². The van der Waals surface area contributed by atoms with E-state index in [4.69, 9.17) is 13.1 Å². The van der Waals surface area contributed by atoms with Crippen molar-refractivity contribution in [3.05, 3.63) is 59.7 Å². The zero-order valence-corrected chi connectivity index (χ0v) is 28.8. The minimum absolute atomic E-state index is 0.00788. The van der Waals surface area contributed by atoms with Gasteiger partial charge in [0.25, 0.3) is 20.2 Å². The first kappa shape index (κ1) is 38.6. The minimum Gasteiger partial charge on any atom is -0.389 e. The second-order valence-electron chi connectivity index (χ2n) is 11.6. The molecule has 9 nitrogen and oxygen atoms in total. The summed E-state index contributed by atoms with van der Waals surface area (Å²) < 4.78 is 68.0. The van der Waals surface area contributed by atoms with Crippen LogP contribution in [0, 0.1) is 13.8 Å². The molecule has 0 radical (unpaired) electrons. The molecule has 0 fully saturated rings. The molecule has 2 atom stereocenters. The van der Waals surface area contributed by atoms with Gasteiger partial charge >= 0.3 is 11.9 Å². The molecule has 0 bridgehead atoms. The number of esters is 2. The predicted molar refractivity (Wildman–Crippen MR) is 174 cm³/mol. The van der Waals surface area contributed by atoms with E-state index in [1.54, 1.807) is 24.3 Å². The van der Waals surface area contributed by atoms with E-state index in [0.717, 1.165) is 75.3 Å². The Kier molecular flexibility index (Phi) is 17.0. The molecule has 0 saturated carbocycles. The number of aryl methyl sites for hydroxylation is 2. The number of carbonyl (C=O) groups excluding carboxylic acids is 2. The lowest BCUT2D eigenvalue weighted by atomic mass is 10.1. The Morgan fingerprint density at radius 3 is 1.18 bits per heavy atom. The molecule has 11 heteroatoms. The summed E-state index contributed by atoms with van der Waals surface area (Å²) in [4.78, 5) is 26.3. The highest BCUT2D eigenvalue weighted by Crippen LogP contribution is 2.22. The first-order chi connectivity index (χ1) is 21.4. The Hall–Kier alpha value is -2.60. The van der Waals surface area contributed by atoms with E-state index in [2.05, 4.69) is 13.8 Å². The van der Waals surface area contributed by atoms with Crippen LogP contribution in [0.4, 0.5) is 0 Å². The lowest BCUT2D eigenvalue weighted by molar-refractivity contribution is -0.169. The fourth-order valence-electron chi connectivity index (χ4n) is 4.69. The van der Waals surface area contributed by atoms with Gasteiger partial charge < -0.3 is 4.74 Å². The van der Waals surface area contributed by atoms with Crippen LogP contribution in [0.5, 0.6) is 0 Å². The number of hydrogen-bond acceptors (Lipinski definition) is 9. The average molecular weight is 667 g/mol. The SMILES string of the molecule is CCCCCCCCC(OS(=O)(=O)c1ccc(C)cc1)C(=O)OC(=O)C(CCCCCCCC)OS(=O)(=O)c1ccc(C)cc1. The van der Waals surface area contributed by atoms with Crippen LogP contribution in [0.3, 0.4) is 0 Å². The molecule has 0 aliphatic carbocycles. The third-order valence-corrected chi connectivity index (χ3v) is 10.1. The van der Waals surface area contributed by atoms with E-state index in [1.165, 1.54) is 24.3 Å². The van der Waals surface area contributed by atoms with Gasteiger partial charge in [-0.2, -0.15) is 16.8 Å². The van der Waals surface area contributed by atoms with Crippen molar-refractivity contribution in [2.75, 3.05) is 0 Å². The Morgan fingerprint density at radius 2 is 0.844 bits per heavy atom. The monoisotopic (exact) mass is 666 g/mol. The predicted octanol–water partition coefficient (Wildman–Crippen LogP) is 7.72. The van der Waals surface area contributed by atoms with E-state index in [1.807, 2.05) is 13.8 Å². The largest absolute Gasteiger partial charge is 0.389 e. The van der Waals surface area contributed by atoms with Gasteiger partial charge in [-0.3, -0.25) is 8.37 Å². The fourth-order valence-corrected chi connectivity index (χ4v) is 6.81. The van der Waals surface area contributed by atoms with Gasteiger partial charge in [0.15, 0.2) is 12.2 Å². The normalized spacial score (nSPS) is 13.3. The number of hydrogen-bond donors (Lipinski definition) is 0. The van der Waals surface area contributed by atoms with Gasteiger partial charge in [0, 0.05) is 0 Å². The maximum atomic E-state index is 13.3. The van der Waals surface area contributed by atoms with Gasteiger partial charge in [-0.25, -0.2) is 9.59 Å². The molecule has 2 aromatic rings. The van der Waals surface area contributed by atoms with Gasteiger partial charge in [-0.15, -0.1) is 0 Å². The van der Waals surface area contributed by atoms with Crippen molar-refractivity contribution in [3.8, 4) is 0 Å². The first-order valence-corrected chi connectivity index (χ1v) is 19.0. The van der Waals surface area contributed by atoms with E-state index >= 15 is 0 Å². The highest BCUT2D eigenvalue weighted by molar-refractivity contribution is 7.87. The van der Waals surface area contributed by atoms with Crippen LogP contribution in [-0.4, -0.2) is 41.0 Å². The number of carbonyl (C=O) groups is 2. The summed E-state index contributed by atoms with van der Waals surface area (Å²) in [6.45, 7) is 7.82. The maximum Gasteiger partial charge on any atom is 0.344 e. The van der Waals surface area contributed by atoms with Crippen LogP contribution < -0.4 is 0 Å². The van der Waals surface area contributed by atoms with Crippen LogP contribution in [0.15, 0.2) is 58.3 Å². The molecule has 252 valence electrons. The lowest BCUT2D eigenvalue weighted by Gasteiger charge is -2.19. The lowest BCUT2D eigenvalue weighted by Crippen LogP contribution is -2.36. The standard InChI is InChI=1S/C34H50O9S2/c1-5-7-9-11-13-15-17-31(42-44(37,38)29-23-19-27(3)20-24-29)33(35)41-34(36)32(18-16-14-12-10-8-6-2)43-45(39,40)30-25-21-28(4)22-26-30/h19-26,31-32H,5-18H2,1-4H3. The molecule has 0 saturated heterocycles. The van der Waals surface area contributed by atoms with Crippen molar-refractivity contribution in [2.45, 2.75) is 140 Å². The maximum absolute atomic E-state index is 13.3. The molecule has 0 amide bonds. The van der Waals surface area contributed by atoms with E-state index in [9.17, 15) is 26.4 Å². The summed E-state index contributed by atoms with van der Waals surface area (Å²) in [5, 5.41) is 0. The average Bonchev–Trinajstić information content (AvgIpc) is 2.99. The second kappa shape index (κ2) is 19.8. The van der Waals surface area contributed by atoms with Gasteiger partial charge in [-0.1, -0.05) is 126 Å².